The Morgan fingerprint density at radius 1 is 1.06 bits per heavy atom. The van der Waals surface area contributed by atoms with Gasteiger partial charge in [-0.3, -0.25) is 4.57 Å². The largest absolute Gasteiger partial charge is 0.497 e. The van der Waals surface area contributed by atoms with Crippen LogP contribution >= 0.6 is 11.6 Å². The first-order valence-corrected chi connectivity index (χ1v) is 10.5. The van der Waals surface area contributed by atoms with E-state index in [1.807, 2.05) is 24.3 Å². The minimum atomic E-state index is -0.575. The molecule has 5 rings (SSSR count). The predicted molar refractivity (Wildman–Crippen MR) is 113 cm³/mol. The lowest BCUT2D eigenvalue weighted by Crippen LogP contribution is -2.30. The van der Waals surface area contributed by atoms with Crippen molar-refractivity contribution in [2.24, 2.45) is 0 Å². The van der Waals surface area contributed by atoms with Crippen molar-refractivity contribution < 1.29 is 24.1 Å². The number of halogens is 1. The van der Waals surface area contributed by atoms with Crippen LogP contribution in [0.15, 0.2) is 36.9 Å². The Morgan fingerprint density at radius 3 is 2.45 bits per heavy atom. The van der Waals surface area contributed by atoms with E-state index in [2.05, 4.69) is 28.8 Å². The van der Waals surface area contributed by atoms with Crippen LogP contribution in [0.1, 0.15) is 38.3 Å². The Morgan fingerprint density at radius 2 is 1.77 bits per heavy atom. The van der Waals surface area contributed by atoms with Gasteiger partial charge in [0.05, 0.1) is 20.0 Å². The molecule has 2 aliphatic heterocycles. The van der Waals surface area contributed by atoms with Crippen LogP contribution < -0.4 is 4.74 Å². The highest BCUT2D eigenvalue weighted by Gasteiger charge is 2.53. The summed E-state index contributed by atoms with van der Waals surface area (Å²) in [4.78, 5) is 12.5. The van der Waals surface area contributed by atoms with Gasteiger partial charge in [0.15, 0.2) is 23.3 Å². The zero-order valence-corrected chi connectivity index (χ0v) is 18.3. The second-order valence-electron chi connectivity index (χ2n) is 7.25. The SMILES string of the molecule is CCC.COc1ccc(C2O[C@@H]3[C@@H](CO)OC(n4cnc5c(Cl)ncnc54)[C@@H]3O2)cc1. The van der Waals surface area contributed by atoms with Crippen LogP contribution in [0.4, 0.5) is 0 Å². The number of ether oxygens (including phenoxy) is 4. The minimum Gasteiger partial charge on any atom is -0.497 e. The summed E-state index contributed by atoms with van der Waals surface area (Å²) >= 11 is 6.10. The zero-order valence-electron chi connectivity index (χ0n) is 17.5. The number of rotatable bonds is 4. The highest BCUT2D eigenvalue weighted by Crippen LogP contribution is 2.44. The first-order valence-electron chi connectivity index (χ1n) is 10.1. The molecular formula is C21H25ClN4O5. The maximum Gasteiger partial charge on any atom is 0.185 e. The van der Waals surface area contributed by atoms with Crippen LogP contribution in [0.2, 0.25) is 5.15 Å². The van der Waals surface area contributed by atoms with Gasteiger partial charge in [-0.2, -0.15) is 0 Å². The lowest BCUT2D eigenvalue weighted by Gasteiger charge is -2.20. The molecular weight excluding hydrogens is 424 g/mol. The van der Waals surface area contributed by atoms with E-state index in [1.165, 1.54) is 12.7 Å². The minimum absolute atomic E-state index is 0.196. The average molecular weight is 449 g/mol. The summed E-state index contributed by atoms with van der Waals surface area (Å²) in [5.41, 5.74) is 1.85. The molecule has 0 amide bonds. The summed E-state index contributed by atoms with van der Waals surface area (Å²) in [6.45, 7) is 4.05. The lowest BCUT2D eigenvalue weighted by atomic mass is 10.1. The van der Waals surface area contributed by atoms with E-state index < -0.39 is 30.8 Å². The van der Waals surface area contributed by atoms with Crippen molar-refractivity contribution in [3.8, 4) is 5.75 Å². The Balaban J connectivity index is 0.000000730. The standard InChI is InChI=1S/C18H17ClN4O5.C3H8/c1-25-10-4-2-9(3-5-10)18-27-13-11(6-24)26-17(14(13)28-18)23-8-22-12-15(19)20-7-21-16(12)23;1-3-2/h2-5,7-8,11,13-14,17-18,24H,6H2,1H3;3H2,1-2H3/t11-,13-,14-,17?,18?;/m1./s1. The average Bonchev–Trinajstić information content (AvgIpc) is 3.48. The van der Waals surface area contributed by atoms with E-state index in [1.54, 1.807) is 18.0 Å². The summed E-state index contributed by atoms with van der Waals surface area (Å²) in [6, 6.07) is 7.45. The second kappa shape index (κ2) is 9.46. The maximum absolute atomic E-state index is 9.76. The van der Waals surface area contributed by atoms with Gasteiger partial charge in [0.1, 0.15) is 35.9 Å². The zero-order chi connectivity index (χ0) is 22.0. The third kappa shape index (κ3) is 4.11. The third-order valence-corrected chi connectivity index (χ3v) is 5.28. The molecule has 10 heteroatoms. The molecule has 1 N–H and O–H groups in total. The Bertz CT molecular complexity index is 1010. The Kier molecular flexibility index (Phi) is 6.68. The molecule has 9 nitrogen and oxygen atoms in total. The number of imidazole rings is 1. The lowest BCUT2D eigenvalue weighted by molar-refractivity contribution is -0.153. The molecule has 2 unspecified atom stereocenters. The van der Waals surface area contributed by atoms with Crippen molar-refractivity contribution in [3.05, 3.63) is 47.6 Å². The first-order chi connectivity index (χ1) is 15.1. The van der Waals surface area contributed by atoms with E-state index in [-0.39, 0.29) is 11.8 Å². The molecule has 2 aliphatic rings. The maximum atomic E-state index is 9.76. The van der Waals surface area contributed by atoms with E-state index in [9.17, 15) is 5.11 Å². The van der Waals surface area contributed by atoms with Crippen LogP contribution in [-0.2, 0) is 14.2 Å². The molecule has 4 heterocycles. The van der Waals surface area contributed by atoms with Gasteiger partial charge >= 0.3 is 0 Å². The molecule has 0 aliphatic carbocycles. The van der Waals surface area contributed by atoms with Crippen molar-refractivity contribution in [1.29, 1.82) is 0 Å². The quantitative estimate of drug-likeness (QED) is 0.607. The van der Waals surface area contributed by atoms with Crippen LogP contribution in [0.5, 0.6) is 5.75 Å². The highest BCUT2D eigenvalue weighted by atomic mass is 35.5. The number of hydrogen-bond acceptors (Lipinski definition) is 8. The Hall–Kier alpha value is -2.30. The van der Waals surface area contributed by atoms with Crippen LogP contribution in [0, 0.1) is 0 Å². The topological polar surface area (TPSA) is 101 Å². The number of benzene rings is 1. The van der Waals surface area contributed by atoms with Gasteiger partial charge in [0, 0.05) is 5.56 Å². The van der Waals surface area contributed by atoms with Gasteiger partial charge in [0.25, 0.3) is 0 Å². The summed E-state index contributed by atoms with van der Waals surface area (Å²) in [6.07, 6.45) is 1.64. The number of fused-ring (bicyclic) bond motifs is 2. The van der Waals surface area contributed by atoms with Crippen molar-refractivity contribution in [2.75, 3.05) is 13.7 Å². The molecule has 166 valence electrons. The van der Waals surface area contributed by atoms with Crippen molar-refractivity contribution in [1.82, 2.24) is 19.5 Å². The van der Waals surface area contributed by atoms with E-state index in [0.717, 1.165) is 11.3 Å². The molecule has 2 fully saturated rings. The number of aliphatic hydroxyl groups excluding tert-OH is 1. The molecule has 2 saturated heterocycles. The predicted octanol–water partition coefficient (Wildman–Crippen LogP) is 3.28. The van der Waals surface area contributed by atoms with E-state index in [0.29, 0.717) is 11.2 Å². The molecule has 0 bridgehead atoms. The molecule has 1 aromatic carbocycles. The van der Waals surface area contributed by atoms with Crippen LogP contribution in [0.3, 0.4) is 0 Å². The van der Waals surface area contributed by atoms with Gasteiger partial charge in [-0.15, -0.1) is 0 Å². The molecule has 0 spiro atoms. The normalized spacial score (nSPS) is 27.1. The van der Waals surface area contributed by atoms with Crippen molar-refractivity contribution in [2.45, 2.75) is 51.1 Å². The summed E-state index contributed by atoms with van der Waals surface area (Å²) in [5.74, 6) is 0.748. The van der Waals surface area contributed by atoms with Gasteiger partial charge in [-0.25, -0.2) is 15.0 Å². The summed E-state index contributed by atoms with van der Waals surface area (Å²) in [7, 11) is 1.61. The second-order valence-corrected chi connectivity index (χ2v) is 7.61. The van der Waals surface area contributed by atoms with Gasteiger partial charge in [-0.05, 0) is 12.1 Å². The van der Waals surface area contributed by atoms with Gasteiger partial charge < -0.3 is 24.1 Å². The number of aliphatic hydroxyl groups is 1. The number of nitrogens with zero attached hydrogens (tertiary/aromatic N) is 4. The van der Waals surface area contributed by atoms with Crippen molar-refractivity contribution >= 4 is 22.8 Å². The van der Waals surface area contributed by atoms with E-state index >= 15 is 0 Å². The Labute approximate surface area is 184 Å². The molecule has 5 atom stereocenters. The molecule has 0 saturated carbocycles. The third-order valence-electron chi connectivity index (χ3n) is 5.00. The summed E-state index contributed by atoms with van der Waals surface area (Å²) < 4.78 is 25.2. The number of methoxy groups -OCH3 is 1. The molecule has 31 heavy (non-hydrogen) atoms. The fourth-order valence-electron chi connectivity index (χ4n) is 3.63. The molecule has 3 aromatic rings. The van der Waals surface area contributed by atoms with Gasteiger partial charge in [-0.1, -0.05) is 44.0 Å². The fraction of sp³-hybridized carbons (Fsp3) is 0.476. The monoisotopic (exact) mass is 448 g/mol. The summed E-state index contributed by atoms with van der Waals surface area (Å²) in [5, 5.41) is 10.0. The first kappa shape index (κ1) is 21.9. The fourth-order valence-corrected chi connectivity index (χ4v) is 3.81. The van der Waals surface area contributed by atoms with Crippen LogP contribution in [0.25, 0.3) is 11.2 Å². The molecule has 2 aromatic heterocycles. The highest BCUT2D eigenvalue weighted by molar-refractivity contribution is 6.33. The smallest absolute Gasteiger partial charge is 0.185 e. The van der Waals surface area contributed by atoms with Crippen molar-refractivity contribution in [3.63, 3.8) is 0 Å². The number of aromatic nitrogens is 4. The van der Waals surface area contributed by atoms with Gasteiger partial charge in [0.2, 0.25) is 0 Å². The molecule has 0 radical (unpaired) electrons. The number of hydrogen-bond donors (Lipinski definition) is 1. The van der Waals surface area contributed by atoms with Crippen LogP contribution in [-0.4, -0.2) is 56.7 Å². The van der Waals surface area contributed by atoms with E-state index in [4.69, 9.17) is 30.5 Å².